The predicted molar refractivity (Wildman–Crippen MR) is 56.7 cm³/mol. The van der Waals surface area contributed by atoms with Crippen LogP contribution in [0, 0.1) is 6.92 Å². The van der Waals surface area contributed by atoms with Crippen LogP contribution >= 0.6 is 0 Å². The van der Waals surface area contributed by atoms with E-state index in [2.05, 4.69) is 14.9 Å². The van der Waals surface area contributed by atoms with Crippen molar-refractivity contribution in [2.24, 2.45) is 5.73 Å². The zero-order valence-electron chi connectivity index (χ0n) is 8.87. The van der Waals surface area contributed by atoms with Crippen molar-refractivity contribution in [1.29, 1.82) is 0 Å². The number of aromatic amines is 1. The molecule has 0 aromatic carbocycles. The third-order valence-corrected chi connectivity index (χ3v) is 3.47. The molecule has 0 aliphatic carbocycles. The van der Waals surface area contributed by atoms with Crippen molar-refractivity contribution in [3.63, 3.8) is 0 Å². The molecule has 6 nitrogen and oxygen atoms in total. The van der Waals surface area contributed by atoms with Crippen LogP contribution in [-0.2, 0) is 16.6 Å². The summed E-state index contributed by atoms with van der Waals surface area (Å²) in [5.41, 5.74) is 6.70. The van der Waals surface area contributed by atoms with Crippen LogP contribution in [0.25, 0.3) is 0 Å². The normalized spacial score (nSPS) is 11.9. The number of hydrogen-bond acceptors (Lipinski definition) is 4. The van der Waals surface area contributed by atoms with Gasteiger partial charge in [0.1, 0.15) is 0 Å². The largest absolute Gasteiger partial charge is 0.326 e. The highest BCUT2D eigenvalue weighted by molar-refractivity contribution is 7.89. The molecule has 7 heteroatoms. The molecule has 86 valence electrons. The highest BCUT2D eigenvalue weighted by Gasteiger charge is 2.21. The van der Waals surface area contributed by atoms with Crippen LogP contribution in [0.2, 0.25) is 0 Å². The summed E-state index contributed by atoms with van der Waals surface area (Å²) in [5, 5.41) is 6.39. The number of aryl methyl sites for hydroxylation is 1. The molecule has 15 heavy (non-hydrogen) atoms. The predicted octanol–water partition coefficient (Wildman–Crippen LogP) is -0.135. The van der Waals surface area contributed by atoms with Gasteiger partial charge < -0.3 is 5.73 Å². The maximum atomic E-state index is 11.7. The van der Waals surface area contributed by atoms with Crippen LogP contribution < -0.4 is 10.5 Å². The molecule has 0 radical (unpaired) electrons. The zero-order valence-corrected chi connectivity index (χ0v) is 9.69. The van der Waals surface area contributed by atoms with E-state index in [-0.39, 0.29) is 11.6 Å². The van der Waals surface area contributed by atoms with Gasteiger partial charge in [0.25, 0.3) is 10.0 Å². The van der Waals surface area contributed by atoms with E-state index in [0.29, 0.717) is 17.8 Å². The highest BCUT2D eigenvalue weighted by Crippen LogP contribution is 2.14. The number of nitrogens with one attached hydrogen (secondary N) is 2. The first-order valence-corrected chi connectivity index (χ1v) is 6.24. The summed E-state index contributed by atoms with van der Waals surface area (Å²) in [6.07, 6.45) is 0.737. The van der Waals surface area contributed by atoms with Gasteiger partial charge in [-0.25, -0.2) is 13.1 Å². The molecule has 0 aliphatic heterocycles. The van der Waals surface area contributed by atoms with E-state index in [1.54, 1.807) is 6.92 Å². The quantitative estimate of drug-likeness (QED) is 0.658. The number of H-pyrrole nitrogens is 1. The number of nitrogens with two attached hydrogens (primary N) is 1. The Hall–Kier alpha value is -0.920. The minimum absolute atomic E-state index is 0.0101. The van der Waals surface area contributed by atoms with Gasteiger partial charge in [0.2, 0.25) is 0 Å². The molecule has 0 saturated carbocycles. The fourth-order valence-corrected chi connectivity index (χ4v) is 2.53. The first-order chi connectivity index (χ1) is 7.03. The Kier molecular flexibility index (Phi) is 3.83. The minimum Gasteiger partial charge on any atom is -0.326 e. The van der Waals surface area contributed by atoms with Gasteiger partial charge in [-0.15, -0.1) is 0 Å². The average molecular weight is 232 g/mol. The second-order valence-corrected chi connectivity index (χ2v) is 4.92. The van der Waals surface area contributed by atoms with Gasteiger partial charge in [-0.05, 0) is 13.3 Å². The molecule has 4 N–H and O–H groups in total. The first kappa shape index (κ1) is 12.2. The molecule has 0 fully saturated rings. The third-order valence-electron chi connectivity index (χ3n) is 2.04. The van der Waals surface area contributed by atoms with Gasteiger partial charge in [0.05, 0.1) is 0 Å². The van der Waals surface area contributed by atoms with Crippen molar-refractivity contribution in [1.82, 2.24) is 14.9 Å². The summed E-state index contributed by atoms with van der Waals surface area (Å²) in [4.78, 5) is 0. The Labute approximate surface area is 89.3 Å². The lowest BCUT2D eigenvalue weighted by atomic mass is 10.3. The molecule has 0 atom stereocenters. The first-order valence-electron chi connectivity index (χ1n) is 4.76. The van der Waals surface area contributed by atoms with Crippen molar-refractivity contribution in [3.05, 3.63) is 11.3 Å². The third kappa shape index (κ3) is 2.55. The summed E-state index contributed by atoms with van der Waals surface area (Å²) in [6.45, 7) is 4.19. The Morgan fingerprint density at radius 3 is 2.73 bits per heavy atom. The Bertz CT molecular complexity index is 424. The van der Waals surface area contributed by atoms with Crippen LogP contribution in [-0.4, -0.2) is 25.2 Å². The fourth-order valence-electron chi connectivity index (χ4n) is 1.20. The minimum atomic E-state index is -3.52. The van der Waals surface area contributed by atoms with Crippen LogP contribution in [0.3, 0.4) is 0 Å². The topological polar surface area (TPSA) is 101 Å². The molecule has 0 amide bonds. The molecule has 1 heterocycles. The Morgan fingerprint density at radius 2 is 2.20 bits per heavy atom. The van der Waals surface area contributed by atoms with Gasteiger partial charge in [-0.2, -0.15) is 5.10 Å². The maximum absolute atomic E-state index is 11.7. The van der Waals surface area contributed by atoms with Crippen LogP contribution in [0.4, 0.5) is 0 Å². The van der Waals surface area contributed by atoms with Crippen LogP contribution in [0.15, 0.2) is 5.03 Å². The van der Waals surface area contributed by atoms with E-state index in [4.69, 9.17) is 5.73 Å². The van der Waals surface area contributed by atoms with E-state index >= 15 is 0 Å². The van der Waals surface area contributed by atoms with Gasteiger partial charge in [0.15, 0.2) is 5.03 Å². The summed E-state index contributed by atoms with van der Waals surface area (Å²) in [7, 11) is -3.52. The van der Waals surface area contributed by atoms with Crippen molar-refractivity contribution in [2.45, 2.75) is 31.8 Å². The van der Waals surface area contributed by atoms with Crippen LogP contribution in [0.5, 0.6) is 0 Å². The standard InChI is InChI=1S/C8H16N4O2S/c1-3-4-10-15(13,14)8-7(5-9)6(2)11-12-8/h10H,3-5,9H2,1-2H3,(H,11,12). The summed E-state index contributed by atoms with van der Waals surface area (Å²) in [5.74, 6) is 0. The lowest BCUT2D eigenvalue weighted by Gasteiger charge is -2.04. The van der Waals surface area contributed by atoms with Gasteiger partial charge in [0, 0.05) is 24.3 Å². The number of rotatable bonds is 5. The monoisotopic (exact) mass is 232 g/mol. The van der Waals surface area contributed by atoms with E-state index in [9.17, 15) is 8.42 Å². The molecule has 1 rings (SSSR count). The molecule has 1 aromatic heterocycles. The molecule has 1 aromatic rings. The summed E-state index contributed by atoms with van der Waals surface area (Å²) >= 11 is 0. The number of sulfonamides is 1. The van der Waals surface area contributed by atoms with Gasteiger partial charge in [-0.1, -0.05) is 6.92 Å². The second kappa shape index (κ2) is 4.73. The van der Waals surface area contributed by atoms with E-state index in [1.807, 2.05) is 6.92 Å². The molecular formula is C8H16N4O2S. The van der Waals surface area contributed by atoms with Crippen molar-refractivity contribution >= 4 is 10.0 Å². The number of aromatic nitrogens is 2. The lowest BCUT2D eigenvalue weighted by Crippen LogP contribution is -2.26. The average Bonchev–Trinajstić information content (AvgIpc) is 2.57. The summed E-state index contributed by atoms with van der Waals surface area (Å²) < 4.78 is 25.9. The molecule has 0 saturated heterocycles. The maximum Gasteiger partial charge on any atom is 0.260 e. The van der Waals surface area contributed by atoms with Gasteiger partial charge in [-0.3, -0.25) is 5.10 Å². The zero-order chi connectivity index (χ0) is 11.5. The highest BCUT2D eigenvalue weighted by atomic mass is 32.2. The van der Waals surface area contributed by atoms with Gasteiger partial charge >= 0.3 is 0 Å². The van der Waals surface area contributed by atoms with E-state index in [0.717, 1.165) is 6.42 Å². The smallest absolute Gasteiger partial charge is 0.260 e. The molecule has 0 bridgehead atoms. The second-order valence-electron chi connectivity index (χ2n) is 3.23. The molecular weight excluding hydrogens is 216 g/mol. The molecule has 0 unspecified atom stereocenters. The Balaban J connectivity index is 3.04. The van der Waals surface area contributed by atoms with E-state index in [1.165, 1.54) is 0 Å². The summed E-state index contributed by atoms with van der Waals surface area (Å²) in [6, 6.07) is 0. The SMILES string of the molecule is CCCNS(=O)(=O)c1n[nH]c(C)c1CN. The number of hydrogen-bond donors (Lipinski definition) is 3. The van der Waals surface area contributed by atoms with Crippen molar-refractivity contribution in [2.75, 3.05) is 6.54 Å². The van der Waals surface area contributed by atoms with Crippen molar-refractivity contribution in [3.8, 4) is 0 Å². The molecule has 0 spiro atoms. The molecule has 0 aliphatic rings. The fraction of sp³-hybridized carbons (Fsp3) is 0.625. The van der Waals surface area contributed by atoms with Crippen LogP contribution in [0.1, 0.15) is 24.6 Å². The number of nitrogens with zero attached hydrogens (tertiary/aromatic N) is 1. The van der Waals surface area contributed by atoms with Crippen molar-refractivity contribution < 1.29 is 8.42 Å². The lowest BCUT2D eigenvalue weighted by molar-refractivity contribution is 0.575. The Morgan fingerprint density at radius 1 is 1.53 bits per heavy atom. The van der Waals surface area contributed by atoms with E-state index < -0.39 is 10.0 Å².